The molecular formula is C10H16N2O2. The Morgan fingerprint density at radius 3 is 2.71 bits per heavy atom. The summed E-state index contributed by atoms with van der Waals surface area (Å²) >= 11 is 0. The second-order valence-electron chi connectivity index (χ2n) is 3.30. The fourth-order valence-electron chi connectivity index (χ4n) is 1.42. The zero-order valence-electron chi connectivity index (χ0n) is 8.66. The maximum absolute atomic E-state index is 10.7. The number of aromatic nitrogens is 2. The standard InChI is InChI=1S/C10H16N2O2/c1-3-5-8-7-9(10(13)14)11-12(8)6-4-2/h7H,3-6H2,1-2H3,(H,13,14). The summed E-state index contributed by atoms with van der Waals surface area (Å²) in [6.45, 7) is 4.92. The van der Waals surface area contributed by atoms with Crippen molar-refractivity contribution in [2.75, 3.05) is 0 Å². The Kier molecular flexibility index (Phi) is 3.68. The van der Waals surface area contributed by atoms with E-state index < -0.39 is 5.97 Å². The van der Waals surface area contributed by atoms with Crippen molar-refractivity contribution in [2.45, 2.75) is 39.7 Å². The predicted octanol–water partition coefficient (Wildman–Crippen LogP) is 1.94. The van der Waals surface area contributed by atoms with Gasteiger partial charge in [0.25, 0.3) is 0 Å². The van der Waals surface area contributed by atoms with Crippen LogP contribution >= 0.6 is 0 Å². The van der Waals surface area contributed by atoms with E-state index in [-0.39, 0.29) is 5.69 Å². The van der Waals surface area contributed by atoms with Gasteiger partial charge in [-0.05, 0) is 18.9 Å². The van der Waals surface area contributed by atoms with Gasteiger partial charge in [0.2, 0.25) is 0 Å². The molecule has 1 heterocycles. The highest BCUT2D eigenvalue weighted by molar-refractivity contribution is 5.85. The predicted molar refractivity (Wildman–Crippen MR) is 53.5 cm³/mol. The first kappa shape index (κ1) is 10.8. The smallest absolute Gasteiger partial charge is 0.356 e. The molecule has 0 aromatic carbocycles. The molecule has 1 rings (SSSR count). The van der Waals surface area contributed by atoms with Crippen molar-refractivity contribution < 1.29 is 9.90 Å². The first-order valence-corrected chi connectivity index (χ1v) is 4.99. The van der Waals surface area contributed by atoms with E-state index in [9.17, 15) is 4.79 Å². The molecule has 0 amide bonds. The quantitative estimate of drug-likeness (QED) is 0.783. The summed E-state index contributed by atoms with van der Waals surface area (Å²) < 4.78 is 1.80. The molecule has 1 N–H and O–H groups in total. The second-order valence-corrected chi connectivity index (χ2v) is 3.30. The average molecular weight is 196 g/mol. The highest BCUT2D eigenvalue weighted by Gasteiger charge is 2.11. The van der Waals surface area contributed by atoms with Crippen LogP contribution in [0.3, 0.4) is 0 Å². The van der Waals surface area contributed by atoms with Crippen molar-refractivity contribution >= 4 is 5.97 Å². The summed E-state index contributed by atoms with van der Waals surface area (Å²) in [5.74, 6) is -0.947. The van der Waals surface area contributed by atoms with E-state index in [0.717, 1.165) is 31.5 Å². The maximum Gasteiger partial charge on any atom is 0.356 e. The highest BCUT2D eigenvalue weighted by atomic mass is 16.4. The Hall–Kier alpha value is -1.32. The van der Waals surface area contributed by atoms with Gasteiger partial charge in [0.05, 0.1) is 0 Å². The molecule has 0 aliphatic rings. The molecule has 1 aromatic heterocycles. The first-order chi connectivity index (χ1) is 6.69. The lowest BCUT2D eigenvalue weighted by molar-refractivity contribution is 0.0689. The van der Waals surface area contributed by atoms with Gasteiger partial charge in [-0.1, -0.05) is 20.3 Å². The van der Waals surface area contributed by atoms with Gasteiger partial charge >= 0.3 is 5.97 Å². The van der Waals surface area contributed by atoms with Gasteiger partial charge in [-0.3, -0.25) is 4.68 Å². The molecule has 4 nitrogen and oxygen atoms in total. The van der Waals surface area contributed by atoms with E-state index in [4.69, 9.17) is 5.11 Å². The van der Waals surface area contributed by atoms with Crippen molar-refractivity contribution in [2.24, 2.45) is 0 Å². The molecular weight excluding hydrogens is 180 g/mol. The molecule has 0 radical (unpaired) electrons. The number of nitrogens with zero attached hydrogens (tertiary/aromatic N) is 2. The van der Waals surface area contributed by atoms with Gasteiger partial charge in [0.1, 0.15) is 0 Å². The molecule has 0 aliphatic heterocycles. The Morgan fingerprint density at radius 2 is 2.21 bits per heavy atom. The summed E-state index contributed by atoms with van der Waals surface area (Å²) in [5.41, 5.74) is 1.17. The van der Waals surface area contributed by atoms with E-state index in [1.807, 2.05) is 0 Å². The molecule has 0 fully saturated rings. The maximum atomic E-state index is 10.7. The van der Waals surface area contributed by atoms with Crippen LogP contribution in [0.4, 0.5) is 0 Å². The topological polar surface area (TPSA) is 55.1 Å². The normalized spacial score (nSPS) is 10.4. The number of hydrogen-bond acceptors (Lipinski definition) is 2. The molecule has 0 unspecified atom stereocenters. The number of carboxylic acid groups (broad SMARTS) is 1. The SMILES string of the molecule is CCCc1cc(C(=O)O)nn1CCC. The molecule has 14 heavy (non-hydrogen) atoms. The summed E-state index contributed by atoms with van der Waals surface area (Å²) in [4.78, 5) is 10.7. The van der Waals surface area contributed by atoms with Crippen LogP contribution in [0, 0.1) is 0 Å². The van der Waals surface area contributed by atoms with Gasteiger partial charge in [-0.2, -0.15) is 5.10 Å². The van der Waals surface area contributed by atoms with Crippen molar-refractivity contribution in [1.29, 1.82) is 0 Å². The Morgan fingerprint density at radius 1 is 1.50 bits per heavy atom. The highest BCUT2D eigenvalue weighted by Crippen LogP contribution is 2.08. The summed E-state index contributed by atoms with van der Waals surface area (Å²) in [6.07, 6.45) is 2.87. The number of rotatable bonds is 5. The molecule has 0 bridgehead atoms. The van der Waals surface area contributed by atoms with Gasteiger partial charge in [0.15, 0.2) is 5.69 Å². The van der Waals surface area contributed by atoms with Gasteiger partial charge < -0.3 is 5.11 Å². The molecule has 0 aliphatic carbocycles. The van der Waals surface area contributed by atoms with Crippen LogP contribution in [-0.4, -0.2) is 20.9 Å². The third-order valence-electron chi connectivity index (χ3n) is 2.02. The zero-order valence-corrected chi connectivity index (χ0v) is 8.66. The zero-order chi connectivity index (χ0) is 10.6. The van der Waals surface area contributed by atoms with Crippen molar-refractivity contribution in [3.05, 3.63) is 17.5 Å². The molecule has 0 spiro atoms. The lowest BCUT2D eigenvalue weighted by Gasteiger charge is -2.03. The van der Waals surface area contributed by atoms with E-state index in [0.29, 0.717) is 0 Å². The summed E-state index contributed by atoms with van der Waals surface area (Å²) in [6, 6.07) is 1.67. The number of hydrogen-bond donors (Lipinski definition) is 1. The number of aryl methyl sites for hydroxylation is 2. The van der Waals surface area contributed by atoms with Crippen LogP contribution in [0.5, 0.6) is 0 Å². The summed E-state index contributed by atoms with van der Waals surface area (Å²) in [5, 5.41) is 12.8. The second kappa shape index (κ2) is 4.79. The Labute approximate surface area is 83.5 Å². The first-order valence-electron chi connectivity index (χ1n) is 4.99. The lowest BCUT2D eigenvalue weighted by Crippen LogP contribution is -2.05. The summed E-state index contributed by atoms with van der Waals surface area (Å²) in [7, 11) is 0. The number of carboxylic acids is 1. The van der Waals surface area contributed by atoms with E-state index in [2.05, 4.69) is 18.9 Å². The third kappa shape index (κ3) is 2.34. The van der Waals surface area contributed by atoms with Crippen LogP contribution in [0.1, 0.15) is 42.9 Å². The third-order valence-corrected chi connectivity index (χ3v) is 2.02. The Bertz CT molecular complexity index is 294. The molecule has 0 saturated carbocycles. The van der Waals surface area contributed by atoms with Crippen LogP contribution in [0.25, 0.3) is 0 Å². The minimum Gasteiger partial charge on any atom is -0.476 e. The van der Waals surface area contributed by atoms with Crippen molar-refractivity contribution in [3.8, 4) is 0 Å². The van der Waals surface area contributed by atoms with E-state index in [1.165, 1.54) is 0 Å². The van der Waals surface area contributed by atoms with Gasteiger partial charge in [-0.15, -0.1) is 0 Å². The lowest BCUT2D eigenvalue weighted by atomic mass is 10.2. The minimum absolute atomic E-state index is 0.155. The Balaban J connectivity index is 2.93. The number of aromatic carboxylic acids is 1. The minimum atomic E-state index is -0.947. The largest absolute Gasteiger partial charge is 0.476 e. The molecule has 78 valence electrons. The van der Waals surface area contributed by atoms with Crippen molar-refractivity contribution in [3.63, 3.8) is 0 Å². The average Bonchev–Trinajstić information content (AvgIpc) is 2.50. The van der Waals surface area contributed by atoms with Crippen LogP contribution in [0.2, 0.25) is 0 Å². The molecule has 1 aromatic rings. The van der Waals surface area contributed by atoms with E-state index in [1.54, 1.807) is 10.7 Å². The van der Waals surface area contributed by atoms with E-state index >= 15 is 0 Å². The number of carbonyl (C=O) groups is 1. The fraction of sp³-hybridized carbons (Fsp3) is 0.600. The fourth-order valence-corrected chi connectivity index (χ4v) is 1.42. The monoisotopic (exact) mass is 196 g/mol. The molecule has 4 heteroatoms. The van der Waals surface area contributed by atoms with Gasteiger partial charge in [0, 0.05) is 12.2 Å². The van der Waals surface area contributed by atoms with Crippen LogP contribution < -0.4 is 0 Å². The molecule has 0 saturated heterocycles. The van der Waals surface area contributed by atoms with Crippen molar-refractivity contribution in [1.82, 2.24) is 9.78 Å². The van der Waals surface area contributed by atoms with Crippen LogP contribution in [-0.2, 0) is 13.0 Å². The molecule has 0 atom stereocenters. The van der Waals surface area contributed by atoms with Crippen LogP contribution in [0.15, 0.2) is 6.07 Å². The van der Waals surface area contributed by atoms with Gasteiger partial charge in [-0.25, -0.2) is 4.79 Å².